The van der Waals surface area contributed by atoms with E-state index in [2.05, 4.69) is 5.32 Å². The molecule has 0 bridgehead atoms. The van der Waals surface area contributed by atoms with Crippen LogP contribution in [-0.4, -0.2) is 18.7 Å². The molecular weight excluding hydrogens is 366 g/mol. The first kappa shape index (κ1) is 20.1. The normalized spacial score (nSPS) is 10.2. The van der Waals surface area contributed by atoms with E-state index in [4.69, 9.17) is 9.47 Å². The molecule has 0 aliphatic rings. The summed E-state index contributed by atoms with van der Waals surface area (Å²) >= 11 is 0. The fourth-order valence-electron chi connectivity index (χ4n) is 2.79. The predicted molar refractivity (Wildman–Crippen MR) is 112 cm³/mol. The monoisotopic (exact) mass is 389 g/mol. The van der Waals surface area contributed by atoms with E-state index in [9.17, 15) is 9.59 Å². The number of ether oxygens (including phenoxy) is 2. The van der Waals surface area contributed by atoms with Crippen LogP contribution in [0.3, 0.4) is 0 Å². The molecule has 0 aliphatic carbocycles. The SMILES string of the molecule is CCOC(=O)c1ccc(Cc2ccc(NC(=O)OCc3ccccc3)cc2)cc1. The fraction of sp³-hybridized carbons (Fsp3) is 0.167. The Kier molecular flexibility index (Phi) is 7.00. The molecule has 0 fully saturated rings. The summed E-state index contributed by atoms with van der Waals surface area (Å²) in [5, 5.41) is 2.72. The van der Waals surface area contributed by atoms with Crippen molar-refractivity contribution in [1.82, 2.24) is 0 Å². The second-order valence-corrected chi connectivity index (χ2v) is 6.48. The molecule has 1 amide bonds. The molecule has 0 saturated heterocycles. The summed E-state index contributed by atoms with van der Waals surface area (Å²) in [5.41, 5.74) is 4.33. The van der Waals surface area contributed by atoms with E-state index in [0.717, 1.165) is 23.1 Å². The van der Waals surface area contributed by atoms with Gasteiger partial charge in [-0.05, 0) is 54.3 Å². The Morgan fingerprint density at radius 3 is 2.00 bits per heavy atom. The largest absolute Gasteiger partial charge is 0.462 e. The first-order valence-electron chi connectivity index (χ1n) is 9.47. The standard InChI is InChI=1S/C24H23NO4/c1-2-28-23(26)21-12-8-18(9-13-21)16-19-10-14-22(15-11-19)25-24(27)29-17-20-6-4-3-5-7-20/h3-15H,2,16-17H2,1H3,(H,25,27). The van der Waals surface area contributed by atoms with Gasteiger partial charge in [0, 0.05) is 5.69 Å². The van der Waals surface area contributed by atoms with E-state index in [1.54, 1.807) is 19.1 Å². The summed E-state index contributed by atoms with van der Waals surface area (Å²) < 4.78 is 10.2. The van der Waals surface area contributed by atoms with Crippen LogP contribution in [0.2, 0.25) is 0 Å². The molecule has 0 heterocycles. The molecule has 148 valence electrons. The van der Waals surface area contributed by atoms with Gasteiger partial charge in [-0.15, -0.1) is 0 Å². The van der Waals surface area contributed by atoms with E-state index in [1.165, 1.54) is 0 Å². The van der Waals surface area contributed by atoms with Crippen LogP contribution in [0.15, 0.2) is 78.9 Å². The van der Waals surface area contributed by atoms with Crippen molar-refractivity contribution in [3.8, 4) is 0 Å². The zero-order valence-electron chi connectivity index (χ0n) is 16.3. The molecule has 3 aromatic rings. The topological polar surface area (TPSA) is 64.6 Å². The molecule has 0 aliphatic heterocycles. The molecule has 0 unspecified atom stereocenters. The summed E-state index contributed by atoms with van der Waals surface area (Å²) in [4.78, 5) is 23.6. The molecule has 0 saturated carbocycles. The van der Waals surface area contributed by atoms with Crippen LogP contribution in [0.5, 0.6) is 0 Å². The second kappa shape index (κ2) is 10.1. The van der Waals surface area contributed by atoms with Crippen molar-refractivity contribution in [3.05, 3.63) is 101 Å². The van der Waals surface area contributed by atoms with E-state index in [1.807, 2.05) is 66.7 Å². The van der Waals surface area contributed by atoms with Crippen LogP contribution >= 0.6 is 0 Å². The number of benzene rings is 3. The van der Waals surface area contributed by atoms with Gasteiger partial charge in [-0.2, -0.15) is 0 Å². The molecule has 29 heavy (non-hydrogen) atoms. The summed E-state index contributed by atoms with van der Waals surface area (Å²) in [5.74, 6) is -0.311. The lowest BCUT2D eigenvalue weighted by Crippen LogP contribution is -2.13. The first-order chi connectivity index (χ1) is 14.1. The van der Waals surface area contributed by atoms with E-state index in [-0.39, 0.29) is 12.6 Å². The second-order valence-electron chi connectivity index (χ2n) is 6.48. The molecule has 0 radical (unpaired) electrons. The number of esters is 1. The maximum atomic E-state index is 11.9. The van der Waals surface area contributed by atoms with Crippen molar-refractivity contribution in [2.75, 3.05) is 11.9 Å². The number of nitrogens with one attached hydrogen (secondary N) is 1. The van der Waals surface area contributed by atoms with Gasteiger partial charge in [0.05, 0.1) is 12.2 Å². The van der Waals surface area contributed by atoms with Gasteiger partial charge in [0.25, 0.3) is 0 Å². The van der Waals surface area contributed by atoms with Crippen molar-refractivity contribution >= 4 is 17.7 Å². The maximum absolute atomic E-state index is 11.9. The Balaban J connectivity index is 1.50. The third-order valence-electron chi connectivity index (χ3n) is 4.29. The van der Waals surface area contributed by atoms with Gasteiger partial charge in [0.1, 0.15) is 6.61 Å². The van der Waals surface area contributed by atoms with Gasteiger partial charge >= 0.3 is 12.1 Å². The molecule has 0 spiro atoms. The van der Waals surface area contributed by atoms with Crippen LogP contribution in [0.1, 0.15) is 34.0 Å². The van der Waals surface area contributed by atoms with Crippen molar-refractivity contribution in [2.45, 2.75) is 20.0 Å². The van der Waals surface area contributed by atoms with Crippen LogP contribution in [0, 0.1) is 0 Å². The van der Waals surface area contributed by atoms with Crippen molar-refractivity contribution in [2.24, 2.45) is 0 Å². The predicted octanol–water partition coefficient (Wildman–Crippen LogP) is 5.20. The minimum absolute atomic E-state index is 0.229. The highest BCUT2D eigenvalue weighted by atomic mass is 16.5. The van der Waals surface area contributed by atoms with Gasteiger partial charge < -0.3 is 9.47 Å². The number of hydrogen-bond donors (Lipinski definition) is 1. The van der Waals surface area contributed by atoms with E-state index >= 15 is 0 Å². The van der Waals surface area contributed by atoms with Crippen molar-refractivity contribution in [3.63, 3.8) is 0 Å². The zero-order valence-corrected chi connectivity index (χ0v) is 16.3. The molecule has 3 rings (SSSR count). The number of carbonyl (C=O) groups excluding carboxylic acids is 2. The van der Waals surface area contributed by atoms with Gasteiger partial charge in [-0.25, -0.2) is 9.59 Å². The third kappa shape index (κ3) is 6.21. The number of carbonyl (C=O) groups is 2. The zero-order chi connectivity index (χ0) is 20.5. The third-order valence-corrected chi connectivity index (χ3v) is 4.29. The fourth-order valence-corrected chi connectivity index (χ4v) is 2.79. The first-order valence-corrected chi connectivity index (χ1v) is 9.47. The Morgan fingerprint density at radius 2 is 1.38 bits per heavy atom. The van der Waals surface area contributed by atoms with Gasteiger partial charge in [0.2, 0.25) is 0 Å². The average Bonchev–Trinajstić information content (AvgIpc) is 2.75. The number of rotatable bonds is 7. The van der Waals surface area contributed by atoms with Crippen LogP contribution in [0.25, 0.3) is 0 Å². The highest BCUT2D eigenvalue weighted by molar-refractivity contribution is 5.89. The molecule has 0 aromatic heterocycles. The molecule has 1 N–H and O–H groups in total. The van der Waals surface area contributed by atoms with Crippen LogP contribution in [0.4, 0.5) is 10.5 Å². The summed E-state index contributed by atoms with van der Waals surface area (Å²) in [6.45, 7) is 2.38. The Morgan fingerprint density at radius 1 is 0.759 bits per heavy atom. The van der Waals surface area contributed by atoms with Crippen LogP contribution in [-0.2, 0) is 22.5 Å². The van der Waals surface area contributed by atoms with Crippen LogP contribution < -0.4 is 5.32 Å². The van der Waals surface area contributed by atoms with Crippen molar-refractivity contribution in [1.29, 1.82) is 0 Å². The molecular formula is C24H23NO4. The highest BCUT2D eigenvalue weighted by Gasteiger charge is 2.07. The molecule has 0 atom stereocenters. The quantitative estimate of drug-likeness (QED) is 0.564. The minimum Gasteiger partial charge on any atom is -0.462 e. The number of amides is 1. The number of anilines is 1. The highest BCUT2D eigenvalue weighted by Crippen LogP contribution is 2.15. The lowest BCUT2D eigenvalue weighted by molar-refractivity contribution is 0.0526. The van der Waals surface area contributed by atoms with Crippen molar-refractivity contribution < 1.29 is 19.1 Å². The Bertz CT molecular complexity index is 935. The van der Waals surface area contributed by atoms with Gasteiger partial charge in [0.15, 0.2) is 0 Å². The number of hydrogen-bond acceptors (Lipinski definition) is 4. The van der Waals surface area contributed by atoms with Gasteiger partial charge in [-0.1, -0.05) is 54.6 Å². The van der Waals surface area contributed by atoms with E-state index in [0.29, 0.717) is 17.9 Å². The lowest BCUT2D eigenvalue weighted by atomic mass is 10.0. The minimum atomic E-state index is -0.490. The summed E-state index contributed by atoms with van der Waals surface area (Å²) in [6, 6.07) is 24.5. The Labute approximate surface area is 170 Å². The molecule has 5 nitrogen and oxygen atoms in total. The molecule has 3 aromatic carbocycles. The van der Waals surface area contributed by atoms with E-state index < -0.39 is 6.09 Å². The Hall–Kier alpha value is -3.60. The smallest absolute Gasteiger partial charge is 0.411 e. The van der Waals surface area contributed by atoms with Gasteiger partial charge in [-0.3, -0.25) is 5.32 Å². The molecule has 5 heteroatoms. The summed E-state index contributed by atoms with van der Waals surface area (Å²) in [6.07, 6.45) is 0.234. The summed E-state index contributed by atoms with van der Waals surface area (Å²) in [7, 11) is 0. The lowest BCUT2D eigenvalue weighted by Gasteiger charge is -2.08. The maximum Gasteiger partial charge on any atom is 0.411 e. The average molecular weight is 389 g/mol.